The number of ether oxygens (including phenoxy) is 2. The first-order chi connectivity index (χ1) is 6.81. The van der Waals surface area contributed by atoms with Crippen molar-refractivity contribution in [3.8, 4) is 0 Å². The maximum Gasteiger partial charge on any atom is 0.146 e. The van der Waals surface area contributed by atoms with Gasteiger partial charge in [0.25, 0.3) is 0 Å². The Labute approximate surface area is 89.0 Å². The fourth-order valence-corrected chi connectivity index (χ4v) is 1.49. The molecule has 2 heteroatoms. The van der Waals surface area contributed by atoms with E-state index < -0.39 is 0 Å². The van der Waals surface area contributed by atoms with Gasteiger partial charge >= 0.3 is 0 Å². The molecule has 0 radical (unpaired) electrons. The van der Waals surface area contributed by atoms with Gasteiger partial charge in [-0.1, -0.05) is 33.6 Å². The second-order valence-electron chi connectivity index (χ2n) is 3.97. The SMILES string of the molecule is CCCOCOCCCC(C)CCC. The molecular weight excluding hydrogens is 176 g/mol. The highest BCUT2D eigenvalue weighted by Crippen LogP contribution is 2.11. The predicted molar refractivity (Wildman–Crippen MR) is 60.4 cm³/mol. The van der Waals surface area contributed by atoms with Gasteiger partial charge in [0.1, 0.15) is 6.79 Å². The van der Waals surface area contributed by atoms with Crippen molar-refractivity contribution in [2.24, 2.45) is 5.92 Å². The van der Waals surface area contributed by atoms with E-state index >= 15 is 0 Å². The molecule has 0 bridgehead atoms. The first-order valence-corrected chi connectivity index (χ1v) is 5.96. The van der Waals surface area contributed by atoms with Crippen LogP contribution in [0.1, 0.15) is 52.9 Å². The molecule has 86 valence electrons. The maximum absolute atomic E-state index is 5.34. The summed E-state index contributed by atoms with van der Waals surface area (Å²) in [5.74, 6) is 0.847. The topological polar surface area (TPSA) is 18.5 Å². The molecule has 0 spiro atoms. The second-order valence-corrected chi connectivity index (χ2v) is 3.97. The lowest BCUT2D eigenvalue weighted by Gasteiger charge is -2.09. The van der Waals surface area contributed by atoms with Crippen LogP contribution in [0.25, 0.3) is 0 Å². The van der Waals surface area contributed by atoms with Crippen LogP contribution < -0.4 is 0 Å². The van der Waals surface area contributed by atoms with Crippen molar-refractivity contribution in [3.63, 3.8) is 0 Å². The standard InChI is InChI=1S/C12H26O2/c1-4-7-12(3)8-6-10-14-11-13-9-5-2/h12H,4-11H2,1-3H3. The average molecular weight is 202 g/mol. The lowest BCUT2D eigenvalue weighted by molar-refractivity contribution is -0.0548. The predicted octanol–water partition coefficient (Wildman–Crippen LogP) is 3.60. The van der Waals surface area contributed by atoms with Crippen LogP contribution in [-0.4, -0.2) is 20.0 Å². The average Bonchev–Trinajstić information content (AvgIpc) is 2.17. The number of hydrogen-bond donors (Lipinski definition) is 0. The van der Waals surface area contributed by atoms with Crippen LogP contribution in [0.4, 0.5) is 0 Å². The largest absolute Gasteiger partial charge is 0.355 e. The maximum atomic E-state index is 5.34. The van der Waals surface area contributed by atoms with Gasteiger partial charge < -0.3 is 9.47 Å². The van der Waals surface area contributed by atoms with Crippen molar-refractivity contribution in [1.82, 2.24) is 0 Å². The third kappa shape index (κ3) is 10.0. The van der Waals surface area contributed by atoms with Gasteiger partial charge in [-0.3, -0.25) is 0 Å². The summed E-state index contributed by atoms with van der Waals surface area (Å²) in [5, 5.41) is 0. The summed E-state index contributed by atoms with van der Waals surface area (Å²) < 4.78 is 10.6. The highest BCUT2D eigenvalue weighted by molar-refractivity contribution is 4.51. The lowest BCUT2D eigenvalue weighted by atomic mass is 10.0. The van der Waals surface area contributed by atoms with E-state index in [1.165, 1.54) is 19.3 Å². The van der Waals surface area contributed by atoms with E-state index in [1.54, 1.807) is 0 Å². The molecule has 0 heterocycles. The Bertz CT molecular complexity index is 104. The number of hydrogen-bond acceptors (Lipinski definition) is 2. The van der Waals surface area contributed by atoms with Crippen molar-refractivity contribution in [1.29, 1.82) is 0 Å². The van der Waals surface area contributed by atoms with Gasteiger partial charge in [-0.15, -0.1) is 0 Å². The molecule has 0 saturated carbocycles. The summed E-state index contributed by atoms with van der Waals surface area (Å²) in [7, 11) is 0. The van der Waals surface area contributed by atoms with Crippen molar-refractivity contribution >= 4 is 0 Å². The molecule has 0 amide bonds. The smallest absolute Gasteiger partial charge is 0.146 e. The van der Waals surface area contributed by atoms with E-state index in [1.807, 2.05) is 0 Å². The Morgan fingerprint density at radius 2 is 1.64 bits per heavy atom. The van der Waals surface area contributed by atoms with Crippen LogP contribution in [0, 0.1) is 5.92 Å². The zero-order chi connectivity index (χ0) is 10.6. The molecule has 14 heavy (non-hydrogen) atoms. The van der Waals surface area contributed by atoms with Crippen LogP contribution in [0.15, 0.2) is 0 Å². The van der Waals surface area contributed by atoms with Crippen LogP contribution in [0.3, 0.4) is 0 Å². The summed E-state index contributed by atoms with van der Waals surface area (Å²) in [6.45, 7) is 8.79. The zero-order valence-corrected chi connectivity index (χ0v) is 10.1. The van der Waals surface area contributed by atoms with Crippen LogP contribution in [0.5, 0.6) is 0 Å². The fraction of sp³-hybridized carbons (Fsp3) is 1.00. The summed E-state index contributed by atoms with van der Waals surface area (Å²) in [4.78, 5) is 0. The molecule has 0 aliphatic carbocycles. The fourth-order valence-electron chi connectivity index (χ4n) is 1.49. The van der Waals surface area contributed by atoms with Gasteiger partial charge in [-0.25, -0.2) is 0 Å². The Morgan fingerprint density at radius 1 is 0.929 bits per heavy atom. The van der Waals surface area contributed by atoms with Gasteiger partial charge in [-0.2, -0.15) is 0 Å². The zero-order valence-electron chi connectivity index (χ0n) is 10.1. The molecule has 0 aromatic heterocycles. The van der Waals surface area contributed by atoms with Gasteiger partial charge in [0.15, 0.2) is 0 Å². The van der Waals surface area contributed by atoms with Crippen LogP contribution in [-0.2, 0) is 9.47 Å². The number of rotatable bonds is 10. The first kappa shape index (κ1) is 13.9. The molecule has 0 aliphatic rings. The van der Waals surface area contributed by atoms with Gasteiger partial charge in [0, 0.05) is 13.2 Å². The van der Waals surface area contributed by atoms with Crippen molar-refractivity contribution in [2.75, 3.05) is 20.0 Å². The van der Waals surface area contributed by atoms with E-state index in [0.29, 0.717) is 6.79 Å². The quantitative estimate of drug-likeness (QED) is 0.398. The molecule has 0 fully saturated rings. The molecule has 0 aliphatic heterocycles. The molecule has 0 aromatic carbocycles. The molecule has 0 aromatic rings. The molecule has 0 N–H and O–H groups in total. The normalized spacial score (nSPS) is 13.1. The summed E-state index contributed by atoms with van der Waals surface area (Å²) >= 11 is 0. The summed E-state index contributed by atoms with van der Waals surface area (Å²) in [6, 6.07) is 0. The van der Waals surface area contributed by atoms with Crippen molar-refractivity contribution < 1.29 is 9.47 Å². The lowest BCUT2D eigenvalue weighted by Crippen LogP contribution is -2.03. The monoisotopic (exact) mass is 202 g/mol. The third-order valence-electron chi connectivity index (χ3n) is 2.28. The molecule has 0 saturated heterocycles. The first-order valence-electron chi connectivity index (χ1n) is 5.96. The third-order valence-corrected chi connectivity index (χ3v) is 2.28. The highest BCUT2D eigenvalue weighted by Gasteiger charge is 1.99. The summed E-state index contributed by atoms with van der Waals surface area (Å²) in [5.41, 5.74) is 0. The van der Waals surface area contributed by atoms with Gasteiger partial charge in [0.2, 0.25) is 0 Å². The van der Waals surface area contributed by atoms with E-state index in [0.717, 1.165) is 32.0 Å². The van der Waals surface area contributed by atoms with E-state index in [4.69, 9.17) is 9.47 Å². The highest BCUT2D eigenvalue weighted by atomic mass is 16.7. The Morgan fingerprint density at radius 3 is 2.29 bits per heavy atom. The second kappa shape index (κ2) is 11.0. The minimum atomic E-state index is 0.468. The van der Waals surface area contributed by atoms with Gasteiger partial charge in [0.05, 0.1) is 0 Å². The Kier molecular flexibility index (Phi) is 10.9. The van der Waals surface area contributed by atoms with E-state index in [2.05, 4.69) is 20.8 Å². The molecule has 2 nitrogen and oxygen atoms in total. The van der Waals surface area contributed by atoms with Crippen molar-refractivity contribution in [3.05, 3.63) is 0 Å². The molecule has 1 unspecified atom stereocenters. The minimum Gasteiger partial charge on any atom is -0.355 e. The van der Waals surface area contributed by atoms with Crippen LogP contribution in [0.2, 0.25) is 0 Å². The molecule has 1 atom stereocenters. The van der Waals surface area contributed by atoms with Gasteiger partial charge in [-0.05, 0) is 25.2 Å². The molecular formula is C12H26O2. The molecule has 0 rings (SSSR count). The van der Waals surface area contributed by atoms with Crippen molar-refractivity contribution in [2.45, 2.75) is 52.9 Å². The summed E-state index contributed by atoms with van der Waals surface area (Å²) in [6.07, 6.45) is 6.14. The Balaban J connectivity index is 2.98. The van der Waals surface area contributed by atoms with E-state index in [-0.39, 0.29) is 0 Å². The Hall–Kier alpha value is -0.0800. The van der Waals surface area contributed by atoms with E-state index in [9.17, 15) is 0 Å². The van der Waals surface area contributed by atoms with Crippen LogP contribution >= 0.6 is 0 Å². The minimum absolute atomic E-state index is 0.468.